The average molecular weight is 255 g/mol. The Hall–Kier alpha value is -0.120. The van der Waals surface area contributed by atoms with Crippen molar-refractivity contribution in [3.8, 4) is 0 Å². The summed E-state index contributed by atoms with van der Waals surface area (Å²) < 4.78 is 0. The van der Waals surface area contributed by atoms with Crippen molar-refractivity contribution in [1.82, 2.24) is 9.80 Å². The van der Waals surface area contributed by atoms with E-state index in [4.69, 9.17) is 5.73 Å². The minimum atomic E-state index is 0.279. The fraction of sp³-hybridized carbons (Fsp3) is 1.00. The Balaban J connectivity index is 2.64. The van der Waals surface area contributed by atoms with Gasteiger partial charge in [-0.3, -0.25) is 4.90 Å². The summed E-state index contributed by atoms with van der Waals surface area (Å²) >= 11 is 0. The van der Waals surface area contributed by atoms with E-state index in [2.05, 4.69) is 37.7 Å². The first kappa shape index (κ1) is 15.9. The van der Waals surface area contributed by atoms with Gasteiger partial charge in [-0.15, -0.1) is 0 Å². The zero-order valence-electron chi connectivity index (χ0n) is 12.9. The van der Waals surface area contributed by atoms with Crippen LogP contribution in [0.4, 0.5) is 0 Å². The molecular weight excluding hydrogens is 222 g/mol. The van der Waals surface area contributed by atoms with Gasteiger partial charge in [0, 0.05) is 31.2 Å². The number of likely N-dealkylation sites (tertiary alicyclic amines) is 1. The number of piperidine rings is 1. The summed E-state index contributed by atoms with van der Waals surface area (Å²) in [5.74, 6) is 0. The third-order valence-electron chi connectivity index (χ3n) is 4.68. The van der Waals surface area contributed by atoms with Crippen molar-refractivity contribution in [3.63, 3.8) is 0 Å². The van der Waals surface area contributed by atoms with Gasteiger partial charge in [-0.05, 0) is 39.8 Å². The molecule has 18 heavy (non-hydrogen) atoms. The van der Waals surface area contributed by atoms with E-state index in [0.29, 0.717) is 0 Å². The molecule has 1 rings (SSSR count). The summed E-state index contributed by atoms with van der Waals surface area (Å²) in [7, 11) is 4.41. The molecule has 0 atom stereocenters. The van der Waals surface area contributed by atoms with Crippen LogP contribution in [0.2, 0.25) is 0 Å². The minimum Gasteiger partial charge on any atom is -0.329 e. The molecule has 0 saturated carbocycles. The molecule has 1 aliphatic rings. The summed E-state index contributed by atoms with van der Waals surface area (Å²) in [4.78, 5) is 5.07. The van der Waals surface area contributed by atoms with Crippen molar-refractivity contribution in [2.75, 3.05) is 33.7 Å². The number of nitrogens with two attached hydrogens (primary N) is 1. The van der Waals surface area contributed by atoms with Crippen LogP contribution in [0, 0.1) is 0 Å². The molecule has 0 bridgehead atoms. The first-order chi connectivity index (χ1) is 8.59. The van der Waals surface area contributed by atoms with Crippen LogP contribution in [-0.2, 0) is 0 Å². The summed E-state index contributed by atoms with van der Waals surface area (Å²) in [6, 6.07) is 0.764. The third kappa shape index (κ3) is 3.69. The number of nitrogens with zero attached hydrogens (tertiary/aromatic N) is 2. The van der Waals surface area contributed by atoms with E-state index in [0.717, 1.165) is 12.6 Å². The van der Waals surface area contributed by atoms with Crippen LogP contribution in [0.5, 0.6) is 0 Å². The van der Waals surface area contributed by atoms with Crippen molar-refractivity contribution in [1.29, 1.82) is 0 Å². The highest BCUT2D eigenvalue weighted by Crippen LogP contribution is 2.30. The maximum Gasteiger partial charge on any atom is 0.0331 e. The van der Waals surface area contributed by atoms with E-state index >= 15 is 0 Å². The summed E-state index contributed by atoms with van der Waals surface area (Å²) in [5, 5.41) is 0. The van der Waals surface area contributed by atoms with E-state index in [9.17, 15) is 0 Å². The molecule has 2 N–H and O–H groups in total. The highest BCUT2D eigenvalue weighted by atomic mass is 15.2. The van der Waals surface area contributed by atoms with Crippen LogP contribution in [0.25, 0.3) is 0 Å². The van der Waals surface area contributed by atoms with Gasteiger partial charge in [0.2, 0.25) is 0 Å². The molecule has 3 nitrogen and oxygen atoms in total. The summed E-state index contributed by atoms with van der Waals surface area (Å²) in [5.41, 5.74) is 6.43. The molecule has 1 aliphatic heterocycles. The van der Waals surface area contributed by atoms with Gasteiger partial charge < -0.3 is 10.6 Å². The van der Waals surface area contributed by atoms with Crippen LogP contribution in [-0.4, -0.2) is 55.1 Å². The molecule has 0 unspecified atom stereocenters. The van der Waals surface area contributed by atoms with E-state index in [1.54, 1.807) is 0 Å². The zero-order valence-corrected chi connectivity index (χ0v) is 12.9. The van der Waals surface area contributed by atoms with Gasteiger partial charge in [-0.25, -0.2) is 0 Å². The fourth-order valence-corrected chi connectivity index (χ4v) is 3.56. The smallest absolute Gasteiger partial charge is 0.0331 e. The lowest BCUT2D eigenvalue weighted by molar-refractivity contribution is 0.0320. The van der Waals surface area contributed by atoms with Crippen molar-refractivity contribution in [2.24, 2.45) is 5.73 Å². The molecule has 1 saturated heterocycles. The molecule has 0 aromatic heterocycles. The Bertz CT molecular complexity index is 214. The number of hydrogen-bond acceptors (Lipinski definition) is 3. The maximum atomic E-state index is 6.15. The molecule has 1 fully saturated rings. The van der Waals surface area contributed by atoms with Crippen LogP contribution in [0.15, 0.2) is 0 Å². The minimum absolute atomic E-state index is 0.279. The van der Waals surface area contributed by atoms with Crippen LogP contribution >= 0.6 is 0 Å². The molecule has 0 radical (unpaired) electrons. The fourth-order valence-electron chi connectivity index (χ4n) is 3.56. The van der Waals surface area contributed by atoms with E-state index < -0.39 is 0 Å². The zero-order chi connectivity index (χ0) is 13.6. The first-order valence-corrected chi connectivity index (χ1v) is 7.71. The lowest BCUT2D eigenvalue weighted by atomic mass is 9.84. The molecule has 0 spiro atoms. The third-order valence-corrected chi connectivity index (χ3v) is 4.68. The molecule has 3 heteroatoms. The SMILES string of the molecule is CCCC(CN)(CCC)N1CCC(N(C)C)CC1. The van der Waals surface area contributed by atoms with Crippen molar-refractivity contribution >= 4 is 0 Å². The van der Waals surface area contributed by atoms with Crippen LogP contribution < -0.4 is 5.73 Å². The Morgan fingerprint density at radius 1 is 1.11 bits per heavy atom. The predicted molar refractivity (Wildman–Crippen MR) is 79.9 cm³/mol. The predicted octanol–water partition coefficient (Wildman–Crippen LogP) is 2.31. The Labute approximate surface area is 114 Å². The summed E-state index contributed by atoms with van der Waals surface area (Å²) in [6.07, 6.45) is 7.58. The van der Waals surface area contributed by atoms with Gasteiger partial charge in [0.25, 0.3) is 0 Å². The second-order valence-corrected chi connectivity index (χ2v) is 6.11. The molecule has 0 amide bonds. The molecule has 1 heterocycles. The highest BCUT2D eigenvalue weighted by molar-refractivity contribution is 4.94. The second kappa shape index (κ2) is 7.46. The topological polar surface area (TPSA) is 32.5 Å². The van der Waals surface area contributed by atoms with Gasteiger partial charge in [0.15, 0.2) is 0 Å². The normalized spacial score (nSPS) is 19.7. The lowest BCUT2D eigenvalue weighted by Gasteiger charge is -2.48. The van der Waals surface area contributed by atoms with Crippen molar-refractivity contribution < 1.29 is 0 Å². The standard InChI is InChI=1S/C15H33N3/c1-5-9-15(13-16,10-6-2)18-11-7-14(8-12-18)17(3)4/h14H,5-13,16H2,1-4H3. The van der Waals surface area contributed by atoms with Gasteiger partial charge in [-0.2, -0.15) is 0 Å². The lowest BCUT2D eigenvalue weighted by Crippen LogP contribution is -2.57. The largest absolute Gasteiger partial charge is 0.329 e. The second-order valence-electron chi connectivity index (χ2n) is 6.11. The summed E-state index contributed by atoms with van der Waals surface area (Å²) in [6.45, 7) is 7.83. The van der Waals surface area contributed by atoms with Crippen LogP contribution in [0.3, 0.4) is 0 Å². The Morgan fingerprint density at radius 2 is 1.61 bits per heavy atom. The number of rotatable bonds is 7. The van der Waals surface area contributed by atoms with Gasteiger partial charge >= 0.3 is 0 Å². The van der Waals surface area contributed by atoms with E-state index in [1.165, 1.54) is 51.6 Å². The van der Waals surface area contributed by atoms with Crippen LogP contribution in [0.1, 0.15) is 52.4 Å². The van der Waals surface area contributed by atoms with Gasteiger partial charge in [-0.1, -0.05) is 26.7 Å². The Morgan fingerprint density at radius 3 is 1.94 bits per heavy atom. The van der Waals surface area contributed by atoms with Crippen molar-refractivity contribution in [2.45, 2.75) is 64.0 Å². The number of hydrogen-bond donors (Lipinski definition) is 1. The highest BCUT2D eigenvalue weighted by Gasteiger charge is 2.36. The van der Waals surface area contributed by atoms with Gasteiger partial charge in [0.05, 0.1) is 0 Å². The Kier molecular flexibility index (Phi) is 6.61. The quantitative estimate of drug-likeness (QED) is 0.758. The van der Waals surface area contributed by atoms with E-state index in [1.807, 2.05) is 0 Å². The average Bonchev–Trinajstić information content (AvgIpc) is 2.38. The molecular formula is C15H33N3. The molecule has 0 aromatic rings. The molecule has 108 valence electrons. The monoisotopic (exact) mass is 255 g/mol. The van der Waals surface area contributed by atoms with Crippen molar-refractivity contribution in [3.05, 3.63) is 0 Å². The van der Waals surface area contributed by atoms with Gasteiger partial charge in [0.1, 0.15) is 0 Å². The molecule has 0 aliphatic carbocycles. The molecule has 0 aromatic carbocycles. The maximum absolute atomic E-state index is 6.15. The first-order valence-electron chi connectivity index (χ1n) is 7.71. The van der Waals surface area contributed by atoms with E-state index in [-0.39, 0.29) is 5.54 Å².